The first-order chi connectivity index (χ1) is 13.7. The molecule has 0 unspecified atom stereocenters. The van der Waals surface area contributed by atoms with Gasteiger partial charge in [-0.1, -0.05) is 107 Å². The molecule has 0 heterocycles. The normalized spacial score (nSPS) is 13.2. The molecule has 0 aromatic rings. The van der Waals surface area contributed by atoms with Crippen molar-refractivity contribution < 1.29 is 9.47 Å². The summed E-state index contributed by atoms with van der Waals surface area (Å²) in [6, 6.07) is 0. The van der Waals surface area contributed by atoms with Crippen LogP contribution in [0.25, 0.3) is 0 Å². The first kappa shape index (κ1) is 29.7. The minimum atomic E-state index is -1.87. The zero-order valence-corrected chi connectivity index (χ0v) is 24.8. The largest absolute Gasteiger partial charge is 0.469 e. The molecule has 0 bridgehead atoms. The summed E-state index contributed by atoms with van der Waals surface area (Å²) in [4.78, 5) is 0. The summed E-state index contributed by atoms with van der Waals surface area (Å²) in [5.74, 6) is 0. The van der Waals surface area contributed by atoms with Gasteiger partial charge in [-0.2, -0.15) is 0 Å². The number of ether oxygens (including phenoxy) is 2. The van der Waals surface area contributed by atoms with Crippen LogP contribution in [0.5, 0.6) is 0 Å². The molecule has 0 saturated carbocycles. The van der Waals surface area contributed by atoms with E-state index in [1.165, 1.54) is 32.1 Å². The molecule has 0 atom stereocenters. The summed E-state index contributed by atoms with van der Waals surface area (Å²) in [5.41, 5.74) is 6.12. The Morgan fingerprint density at radius 2 is 1.37 bits per heavy atom. The predicted octanol–water partition coefficient (Wildman–Crippen LogP) is 9.25. The van der Waals surface area contributed by atoms with Crippen LogP contribution in [0.4, 0.5) is 0 Å². The van der Waals surface area contributed by atoms with Gasteiger partial charge in [-0.25, -0.2) is 0 Å². The lowest BCUT2D eigenvalue weighted by Crippen LogP contribution is -2.47. The molecule has 30 heavy (non-hydrogen) atoms. The Balaban J connectivity index is 6.95. The zero-order chi connectivity index (χ0) is 23.8. The molecule has 0 aliphatic rings. The van der Waals surface area contributed by atoms with Gasteiger partial charge < -0.3 is 9.47 Å². The average Bonchev–Trinajstić information content (AvgIpc) is 2.59. The second-order valence-electron chi connectivity index (χ2n) is 11.6. The highest BCUT2D eigenvalue weighted by atomic mass is 28.3. The standard InChI is InChI=1S/C26H54O2Si2/c1-14-15-16-17-18-24(30(21(2)3,22(4)5)23(6)7)19-25(28-20-27-11)29(12,13)26(8,9)10/h21-23H,14-18,20H2,1-13H3. The van der Waals surface area contributed by atoms with E-state index in [2.05, 4.69) is 88.1 Å². The van der Waals surface area contributed by atoms with E-state index < -0.39 is 16.1 Å². The van der Waals surface area contributed by atoms with Crippen LogP contribution < -0.4 is 0 Å². The van der Waals surface area contributed by atoms with Crippen molar-refractivity contribution in [3.8, 4) is 0 Å². The molecule has 0 saturated heterocycles. The highest BCUT2D eigenvalue weighted by Crippen LogP contribution is 2.48. The van der Waals surface area contributed by atoms with E-state index in [0.29, 0.717) is 23.4 Å². The quantitative estimate of drug-likeness (QED) is 0.0907. The average molecular weight is 455 g/mol. The van der Waals surface area contributed by atoms with Gasteiger partial charge in [0.1, 0.15) is 13.5 Å². The number of allylic oxidation sites excluding steroid dienone is 1. The molecule has 0 rings (SSSR count). The van der Waals surface area contributed by atoms with Gasteiger partial charge in [-0.15, -0.1) is 0 Å². The molecule has 0 fully saturated rings. The number of methoxy groups -OCH3 is 1. The monoisotopic (exact) mass is 454 g/mol. The fraction of sp³-hybridized carbons (Fsp3) is 0.885. The van der Waals surface area contributed by atoms with Crippen molar-refractivity contribution >= 4 is 16.1 Å². The Kier molecular flexibility index (Phi) is 12.6. The van der Waals surface area contributed by atoms with Crippen molar-refractivity contribution in [2.24, 2.45) is 0 Å². The van der Waals surface area contributed by atoms with Crippen molar-refractivity contribution in [3.05, 3.63) is 16.3 Å². The third kappa shape index (κ3) is 7.12. The lowest BCUT2D eigenvalue weighted by atomic mass is 10.1. The maximum absolute atomic E-state index is 6.32. The molecule has 0 aromatic heterocycles. The van der Waals surface area contributed by atoms with Crippen LogP contribution in [-0.4, -0.2) is 30.1 Å². The van der Waals surface area contributed by atoms with E-state index in [-0.39, 0.29) is 5.04 Å². The van der Waals surface area contributed by atoms with E-state index in [1.54, 1.807) is 12.3 Å². The van der Waals surface area contributed by atoms with E-state index in [1.807, 2.05) is 0 Å². The molecular formula is C26H54O2Si2. The molecule has 0 aromatic carbocycles. The van der Waals surface area contributed by atoms with Crippen LogP contribution in [0, 0.1) is 0 Å². The molecule has 2 nitrogen and oxygen atoms in total. The van der Waals surface area contributed by atoms with Gasteiger partial charge in [0.05, 0.1) is 8.07 Å². The first-order valence-corrected chi connectivity index (χ1v) is 17.6. The number of unbranched alkanes of at least 4 members (excludes halogenated alkanes) is 3. The molecular weight excluding hydrogens is 400 g/mol. The van der Waals surface area contributed by atoms with E-state index in [9.17, 15) is 0 Å². The van der Waals surface area contributed by atoms with E-state index >= 15 is 0 Å². The summed E-state index contributed by atoms with van der Waals surface area (Å²) in [6.07, 6.45) is 6.37. The molecule has 0 radical (unpaired) electrons. The summed E-state index contributed by atoms with van der Waals surface area (Å²) in [6.45, 7) is 29.3. The second kappa shape index (κ2) is 12.7. The summed E-state index contributed by atoms with van der Waals surface area (Å²) < 4.78 is 11.7. The SMILES string of the molecule is CCCCCCC(=C=C(OCOC)[Si](C)(C)C(C)(C)C)[Si](C(C)C)(C(C)C)C(C)C. The molecule has 0 spiro atoms. The fourth-order valence-electron chi connectivity index (χ4n) is 5.13. The third-order valence-electron chi connectivity index (χ3n) is 7.70. The van der Waals surface area contributed by atoms with Gasteiger partial charge in [-0.3, -0.25) is 0 Å². The first-order valence-electron chi connectivity index (χ1n) is 12.3. The molecule has 4 heteroatoms. The van der Waals surface area contributed by atoms with Gasteiger partial charge in [0.25, 0.3) is 0 Å². The van der Waals surface area contributed by atoms with Gasteiger partial charge in [0.15, 0.2) is 6.79 Å². The van der Waals surface area contributed by atoms with Crippen molar-refractivity contribution in [1.29, 1.82) is 0 Å². The van der Waals surface area contributed by atoms with Crippen molar-refractivity contribution in [2.75, 3.05) is 13.9 Å². The third-order valence-corrected chi connectivity index (χ3v) is 20.0. The number of rotatable bonds is 13. The summed E-state index contributed by atoms with van der Waals surface area (Å²) in [5, 5.41) is 2.93. The zero-order valence-electron chi connectivity index (χ0n) is 22.8. The Morgan fingerprint density at radius 1 is 0.867 bits per heavy atom. The van der Waals surface area contributed by atoms with Crippen LogP contribution in [0.2, 0.25) is 34.8 Å². The molecule has 0 amide bonds. The maximum atomic E-state index is 6.32. The predicted molar refractivity (Wildman–Crippen MR) is 141 cm³/mol. The Labute approximate surface area is 191 Å². The van der Waals surface area contributed by atoms with Gasteiger partial charge in [-0.05, 0) is 39.7 Å². The highest BCUT2D eigenvalue weighted by molar-refractivity contribution is 6.90. The van der Waals surface area contributed by atoms with Gasteiger partial charge in [0, 0.05) is 7.11 Å². The minimum absolute atomic E-state index is 0.202. The Bertz CT molecular complexity index is 540. The Hall–Kier alpha value is -0.286. The maximum Gasteiger partial charge on any atom is 0.188 e. The van der Waals surface area contributed by atoms with Crippen LogP contribution in [-0.2, 0) is 9.47 Å². The van der Waals surface area contributed by atoms with Crippen LogP contribution in [0.1, 0.15) is 101 Å². The van der Waals surface area contributed by atoms with E-state index in [0.717, 1.165) is 5.38 Å². The second-order valence-corrected chi connectivity index (χ2v) is 22.7. The number of hydrogen-bond donors (Lipinski definition) is 0. The summed E-state index contributed by atoms with van der Waals surface area (Å²) in [7, 11) is -1.92. The lowest BCUT2D eigenvalue weighted by molar-refractivity contribution is 0.0127. The van der Waals surface area contributed by atoms with Gasteiger partial charge >= 0.3 is 0 Å². The van der Waals surface area contributed by atoms with Crippen LogP contribution in [0.15, 0.2) is 16.3 Å². The van der Waals surface area contributed by atoms with Crippen molar-refractivity contribution in [1.82, 2.24) is 0 Å². The molecule has 178 valence electrons. The topological polar surface area (TPSA) is 18.5 Å². The smallest absolute Gasteiger partial charge is 0.188 e. The molecule has 0 aliphatic carbocycles. The fourth-order valence-corrected chi connectivity index (χ4v) is 13.8. The summed E-state index contributed by atoms with van der Waals surface area (Å²) >= 11 is 0. The molecule has 0 aliphatic heterocycles. The molecule has 0 N–H and O–H groups in total. The van der Waals surface area contributed by atoms with E-state index in [4.69, 9.17) is 9.47 Å². The van der Waals surface area contributed by atoms with Gasteiger partial charge in [0.2, 0.25) is 0 Å². The van der Waals surface area contributed by atoms with Crippen molar-refractivity contribution in [3.63, 3.8) is 0 Å². The van der Waals surface area contributed by atoms with Crippen LogP contribution >= 0.6 is 0 Å². The number of hydrogen-bond acceptors (Lipinski definition) is 2. The lowest BCUT2D eigenvalue weighted by Gasteiger charge is -2.45. The van der Waals surface area contributed by atoms with Crippen LogP contribution in [0.3, 0.4) is 0 Å². The van der Waals surface area contributed by atoms with Crippen molar-refractivity contribution in [2.45, 2.75) is 136 Å². The highest BCUT2D eigenvalue weighted by Gasteiger charge is 2.47. The Morgan fingerprint density at radius 3 is 1.73 bits per heavy atom. The minimum Gasteiger partial charge on any atom is -0.469 e.